The molecule has 2 aromatic rings. The molecule has 112 valence electrons. The van der Waals surface area contributed by atoms with Gasteiger partial charge in [0.1, 0.15) is 11.5 Å². The smallest absolute Gasteiger partial charge is 0.146 e. The van der Waals surface area contributed by atoms with Gasteiger partial charge >= 0.3 is 0 Å². The molecular formula is C17H22N2O2. The van der Waals surface area contributed by atoms with Crippen molar-refractivity contribution >= 4 is 0 Å². The Morgan fingerprint density at radius 2 is 1.90 bits per heavy atom. The molecule has 0 aliphatic rings. The lowest BCUT2D eigenvalue weighted by molar-refractivity contribution is 0.184. The van der Waals surface area contributed by atoms with E-state index in [9.17, 15) is 0 Å². The van der Waals surface area contributed by atoms with Gasteiger partial charge in [-0.1, -0.05) is 26.0 Å². The highest BCUT2D eigenvalue weighted by atomic mass is 16.5. The summed E-state index contributed by atoms with van der Waals surface area (Å²) in [7, 11) is 1.68. The lowest BCUT2D eigenvalue weighted by atomic mass is 10.2. The van der Waals surface area contributed by atoms with E-state index in [-0.39, 0.29) is 0 Å². The zero-order chi connectivity index (χ0) is 15.1. The number of benzene rings is 1. The topological polar surface area (TPSA) is 43.4 Å². The molecule has 0 fully saturated rings. The predicted octanol–water partition coefficient (Wildman–Crippen LogP) is 3.52. The second-order valence-electron chi connectivity index (χ2n) is 5.25. The van der Waals surface area contributed by atoms with Crippen LogP contribution < -0.4 is 10.1 Å². The summed E-state index contributed by atoms with van der Waals surface area (Å²) in [5.74, 6) is 1.54. The summed E-state index contributed by atoms with van der Waals surface area (Å²) in [6.45, 7) is 5.60. The third kappa shape index (κ3) is 5.17. The van der Waals surface area contributed by atoms with Crippen molar-refractivity contribution in [2.75, 3.05) is 7.11 Å². The van der Waals surface area contributed by atoms with Crippen molar-refractivity contribution in [1.29, 1.82) is 0 Å². The van der Waals surface area contributed by atoms with Crippen molar-refractivity contribution in [2.24, 2.45) is 0 Å². The molecule has 0 unspecified atom stereocenters. The van der Waals surface area contributed by atoms with E-state index in [0.717, 1.165) is 29.2 Å². The molecular weight excluding hydrogens is 264 g/mol. The minimum absolute atomic E-state index is 0.445. The van der Waals surface area contributed by atoms with Crippen LogP contribution in [0.1, 0.15) is 25.0 Å². The van der Waals surface area contributed by atoms with Gasteiger partial charge in [0, 0.05) is 25.9 Å². The molecule has 4 heteroatoms. The Hall–Kier alpha value is -1.91. The number of aromatic nitrogens is 1. The lowest BCUT2D eigenvalue weighted by Crippen LogP contribution is -2.21. The van der Waals surface area contributed by atoms with Crippen molar-refractivity contribution in [3.63, 3.8) is 0 Å². The van der Waals surface area contributed by atoms with Gasteiger partial charge in [-0.3, -0.25) is 4.98 Å². The summed E-state index contributed by atoms with van der Waals surface area (Å²) in [4.78, 5) is 4.23. The predicted molar refractivity (Wildman–Crippen MR) is 83.4 cm³/mol. The van der Waals surface area contributed by atoms with E-state index in [2.05, 4.69) is 24.1 Å². The molecule has 21 heavy (non-hydrogen) atoms. The first kappa shape index (κ1) is 15.5. The highest BCUT2D eigenvalue weighted by Crippen LogP contribution is 2.22. The first-order valence-corrected chi connectivity index (χ1v) is 7.10. The molecule has 0 saturated carbocycles. The fourth-order valence-electron chi connectivity index (χ4n) is 1.94. The molecule has 1 aromatic carbocycles. The van der Waals surface area contributed by atoms with Gasteiger partial charge in [-0.05, 0) is 29.3 Å². The van der Waals surface area contributed by atoms with Crippen molar-refractivity contribution in [2.45, 2.75) is 33.0 Å². The van der Waals surface area contributed by atoms with E-state index < -0.39 is 0 Å². The second-order valence-corrected chi connectivity index (χ2v) is 5.25. The van der Waals surface area contributed by atoms with Crippen molar-refractivity contribution in [3.8, 4) is 11.5 Å². The first-order valence-electron chi connectivity index (χ1n) is 7.10. The fourth-order valence-corrected chi connectivity index (χ4v) is 1.94. The summed E-state index contributed by atoms with van der Waals surface area (Å²) in [5, 5.41) is 3.37. The quantitative estimate of drug-likeness (QED) is 0.845. The maximum Gasteiger partial charge on any atom is 0.146 e. The van der Waals surface area contributed by atoms with Crippen molar-refractivity contribution < 1.29 is 9.47 Å². The molecule has 1 N–H and O–H groups in total. The van der Waals surface area contributed by atoms with E-state index in [4.69, 9.17) is 9.47 Å². The van der Waals surface area contributed by atoms with Crippen LogP contribution in [0.3, 0.4) is 0 Å². The van der Waals surface area contributed by atoms with E-state index in [0.29, 0.717) is 12.6 Å². The molecule has 0 saturated heterocycles. The van der Waals surface area contributed by atoms with Gasteiger partial charge in [0.25, 0.3) is 0 Å². The Bertz CT molecular complexity index is 570. The van der Waals surface area contributed by atoms with Crippen LogP contribution in [-0.2, 0) is 17.9 Å². The molecule has 0 aliphatic carbocycles. The Balaban J connectivity index is 2.05. The molecule has 0 aliphatic heterocycles. The van der Waals surface area contributed by atoms with Gasteiger partial charge in [0.05, 0.1) is 12.8 Å². The number of hydrogen-bond acceptors (Lipinski definition) is 4. The highest BCUT2D eigenvalue weighted by molar-refractivity contribution is 5.34. The van der Waals surface area contributed by atoms with E-state index in [1.54, 1.807) is 13.3 Å². The fraction of sp³-hybridized carbons (Fsp3) is 0.353. The maximum absolute atomic E-state index is 5.87. The summed E-state index contributed by atoms with van der Waals surface area (Å²) >= 11 is 0. The first-order chi connectivity index (χ1) is 10.2. The van der Waals surface area contributed by atoms with Crippen molar-refractivity contribution in [1.82, 2.24) is 10.3 Å². The zero-order valence-corrected chi connectivity index (χ0v) is 12.8. The van der Waals surface area contributed by atoms with Crippen molar-refractivity contribution in [3.05, 3.63) is 53.9 Å². The summed E-state index contributed by atoms with van der Waals surface area (Å²) < 4.78 is 11.0. The third-order valence-corrected chi connectivity index (χ3v) is 2.93. The molecule has 2 rings (SSSR count). The van der Waals surface area contributed by atoms with Gasteiger partial charge in [0.15, 0.2) is 0 Å². The van der Waals surface area contributed by atoms with E-state index >= 15 is 0 Å². The lowest BCUT2D eigenvalue weighted by Gasteiger charge is -2.10. The summed E-state index contributed by atoms with van der Waals surface area (Å²) in [6.07, 6.45) is 3.57. The van der Waals surface area contributed by atoms with Gasteiger partial charge in [0.2, 0.25) is 0 Å². The van der Waals surface area contributed by atoms with Crippen LogP contribution in [0.5, 0.6) is 11.5 Å². The number of ether oxygens (including phenoxy) is 2. The van der Waals surface area contributed by atoms with Gasteiger partial charge in [-0.15, -0.1) is 0 Å². The average molecular weight is 286 g/mol. The SMILES string of the molecule is COCc1cccc(Oc2cncc(CNC(C)C)c2)c1. The minimum atomic E-state index is 0.445. The normalized spacial score (nSPS) is 10.9. The van der Waals surface area contributed by atoms with Crippen LogP contribution in [0.4, 0.5) is 0 Å². The van der Waals surface area contributed by atoms with E-state index in [1.165, 1.54) is 0 Å². The highest BCUT2D eigenvalue weighted by Gasteiger charge is 2.02. The third-order valence-electron chi connectivity index (χ3n) is 2.93. The number of nitrogens with zero attached hydrogens (tertiary/aromatic N) is 1. The minimum Gasteiger partial charge on any atom is -0.456 e. The zero-order valence-electron chi connectivity index (χ0n) is 12.8. The molecule has 0 atom stereocenters. The Kier molecular flexibility index (Phi) is 5.72. The molecule has 1 aromatic heterocycles. The Morgan fingerprint density at radius 1 is 1.10 bits per heavy atom. The van der Waals surface area contributed by atoms with Crippen LogP contribution in [0.2, 0.25) is 0 Å². The van der Waals surface area contributed by atoms with Crippen LogP contribution in [-0.4, -0.2) is 18.1 Å². The van der Waals surface area contributed by atoms with Crippen LogP contribution in [0.15, 0.2) is 42.7 Å². The molecule has 0 spiro atoms. The summed E-state index contributed by atoms with van der Waals surface area (Å²) in [6, 6.07) is 10.3. The average Bonchev–Trinajstić information content (AvgIpc) is 2.46. The van der Waals surface area contributed by atoms with Crippen LogP contribution in [0.25, 0.3) is 0 Å². The number of pyridine rings is 1. The van der Waals surface area contributed by atoms with Gasteiger partial charge in [-0.25, -0.2) is 0 Å². The maximum atomic E-state index is 5.87. The second kappa shape index (κ2) is 7.76. The Morgan fingerprint density at radius 3 is 2.67 bits per heavy atom. The standard InChI is InChI=1S/C17H22N2O2/c1-13(2)19-10-15-8-17(11-18-9-15)21-16-6-4-5-14(7-16)12-20-3/h4-9,11,13,19H,10,12H2,1-3H3. The summed E-state index contributed by atoms with van der Waals surface area (Å²) in [5.41, 5.74) is 2.19. The van der Waals surface area contributed by atoms with Gasteiger partial charge < -0.3 is 14.8 Å². The molecule has 0 bridgehead atoms. The molecule has 0 amide bonds. The number of nitrogens with one attached hydrogen (secondary N) is 1. The number of rotatable bonds is 7. The number of hydrogen-bond donors (Lipinski definition) is 1. The van der Waals surface area contributed by atoms with E-state index in [1.807, 2.05) is 36.5 Å². The molecule has 4 nitrogen and oxygen atoms in total. The van der Waals surface area contributed by atoms with Crippen LogP contribution >= 0.6 is 0 Å². The Labute approximate surface area is 126 Å². The monoisotopic (exact) mass is 286 g/mol. The van der Waals surface area contributed by atoms with Crippen LogP contribution in [0, 0.1) is 0 Å². The molecule has 0 radical (unpaired) electrons. The number of methoxy groups -OCH3 is 1. The molecule has 1 heterocycles. The largest absolute Gasteiger partial charge is 0.456 e. The van der Waals surface area contributed by atoms with Gasteiger partial charge in [-0.2, -0.15) is 0 Å².